The summed E-state index contributed by atoms with van der Waals surface area (Å²) in [6.07, 6.45) is 3.03. The van der Waals surface area contributed by atoms with E-state index in [-0.39, 0.29) is 16.8 Å². The Morgan fingerprint density at radius 1 is 1.44 bits per heavy atom. The average molecular weight is 273 g/mol. The van der Waals surface area contributed by atoms with E-state index in [0.717, 1.165) is 25.6 Å². The maximum absolute atomic E-state index is 11.8. The predicted molar refractivity (Wildman–Crippen MR) is 70.2 cm³/mol. The average Bonchev–Trinajstić information content (AvgIpc) is 2.55. The van der Waals surface area contributed by atoms with Crippen molar-refractivity contribution < 1.29 is 8.42 Å². The standard InChI is InChI=1S/C10H19N5O2S/c1-14-9(12)8(18(2,16)17)10(13-14)15-5-3-4-7(11)6-15/h7H,3-6,11-12H2,1-2H3. The van der Waals surface area contributed by atoms with Gasteiger partial charge in [-0.25, -0.2) is 13.1 Å². The van der Waals surface area contributed by atoms with Crippen LogP contribution < -0.4 is 16.4 Å². The van der Waals surface area contributed by atoms with E-state index in [0.29, 0.717) is 12.4 Å². The number of hydrogen-bond donors (Lipinski definition) is 2. The van der Waals surface area contributed by atoms with Gasteiger partial charge in [0.25, 0.3) is 0 Å². The van der Waals surface area contributed by atoms with Crippen molar-refractivity contribution in [3.8, 4) is 0 Å². The molecule has 0 aliphatic carbocycles. The SMILES string of the molecule is Cn1nc(N2CCCC(N)C2)c(S(C)(=O)=O)c1N. The van der Waals surface area contributed by atoms with Crippen LogP contribution in [0.1, 0.15) is 12.8 Å². The molecule has 1 aliphatic rings. The maximum atomic E-state index is 11.8. The Balaban J connectivity index is 2.48. The normalized spacial score (nSPS) is 21.3. The van der Waals surface area contributed by atoms with Crippen molar-refractivity contribution in [1.82, 2.24) is 9.78 Å². The Kier molecular flexibility index (Phi) is 3.24. The molecule has 0 bridgehead atoms. The smallest absolute Gasteiger partial charge is 0.182 e. The molecule has 2 heterocycles. The first-order chi connectivity index (χ1) is 8.30. The van der Waals surface area contributed by atoms with Crippen molar-refractivity contribution in [2.45, 2.75) is 23.8 Å². The molecule has 7 nitrogen and oxygen atoms in total. The van der Waals surface area contributed by atoms with Gasteiger partial charge >= 0.3 is 0 Å². The number of piperidine rings is 1. The first kappa shape index (κ1) is 13.2. The van der Waals surface area contributed by atoms with Crippen LogP contribution in [0.25, 0.3) is 0 Å². The summed E-state index contributed by atoms with van der Waals surface area (Å²) < 4.78 is 25.0. The number of nitrogens with zero attached hydrogens (tertiary/aromatic N) is 3. The zero-order valence-electron chi connectivity index (χ0n) is 10.6. The minimum Gasteiger partial charge on any atom is -0.383 e. The van der Waals surface area contributed by atoms with Gasteiger partial charge in [-0.3, -0.25) is 0 Å². The third-order valence-electron chi connectivity index (χ3n) is 3.16. The van der Waals surface area contributed by atoms with Gasteiger partial charge in [-0.1, -0.05) is 0 Å². The summed E-state index contributed by atoms with van der Waals surface area (Å²) >= 11 is 0. The monoisotopic (exact) mass is 273 g/mol. The molecule has 4 N–H and O–H groups in total. The molecule has 102 valence electrons. The molecule has 1 aromatic rings. The highest BCUT2D eigenvalue weighted by Gasteiger charge is 2.29. The van der Waals surface area contributed by atoms with E-state index in [1.54, 1.807) is 7.05 Å². The Morgan fingerprint density at radius 2 is 2.11 bits per heavy atom. The van der Waals surface area contributed by atoms with Gasteiger partial charge in [0.1, 0.15) is 5.82 Å². The molecule has 2 rings (SSSR count). The summed E-state index contributed by atoms with van der Waals surface area (Å²) in [6.45, 7) is 1.37. The van der Waals surface area contributed by atoms with E-state index in [2.05, 4.69) is 5.10 Å². The lowest BCUT2D eigenvalue weighted by atomic mass is 10.1. The van der Waals surface area contributed by atoms with E-state index < -0.39 is 9.84 Å². The number of aromatic nitrogens is 2. The lowest BCUT2D eigenvalue weighted by molar-refractivity contribution is 0.499. The van der Waals surface area contributed by atoms with Gasteiger partial charge in [0.15, 0.2) is 20.6 Å². The molecule has 0 amide bonds. The van der Waals surface area contributed by atoms with Crippen molar-refractivity contribution in [3.05, 3.63) is 0 Å². The number of rotatable bonds is 2. The molecule has 0 aromatic carbocycles. The lowest BCUT2D eigenvalue weighted by Crippen LogP contribution is -2.43. The second-order valence-corrected chi connectivity index (χ2v) is 6.73. The number of hydrogen-bond acceptors (Lipinski definition) is 6. The van der Waals surface area contributed by atoms with Crippen molar-refractivity contribution in [1.29, 1.82) is 0 Å². The maximum Gasteiger partial charge on any atom is 0.182 e. The molecule has 1 atom stereocenters. The van der Waals surface area contributed by atoms with Crippen LogP contribution in [0.15, 0.2) is 4.90 Å². The van der Waals surface area contributed by atoms with Crippen molar-refractivity contribution in [2.24, 2.45) is 12.8 Å². The Morgan fingerprint density at radius 3 is 2.67 bits per heavy atom. The molecule has 1 fully saturated rings. The molecule has 1 aromatic heterocycles. The van der Waals surface area contributed by atoms with Crippen LogP contribution >= 0.6 is 0 Å². The molecular weight excluding hydrogens is 254 g/mol. The van der Waals surface area contributed by atoms with E-state index in [4.69, 9.17) is 11.5 Å². The van der Waals surface area contributed by atoms with Crippen LogP contribution in [0.5, 0.6) is 0 Å². The molecule has 0 radical (unpaired) electrons. The van der Waals surface area contributed by atoms with Crippen LogP contribution in [0.3, 0.4) is 0 Å². The Hall–Kier alpha value is -1.28. The van der Waals surface area contributed by atoms with Crippen LogP contribution in [0, 0.1) is 0 Å². The summed E-state index contributed by atoms with van der Waals surface area (Å²) in [5.41, 5.74) is 11.7. The van der Waals surface area contributed by atoms with Crippen molar-refractivity contribution in [2.75, 3.05) is 30.0 Å². The van der Waals surface area contributed by atoms with Gasteiger partial charge in [-0.2, -0.15) is 5.10 Å². The quantitative estimate of drug-likeness (QED) is 0.740. The first-order valence-electron chi connectivity index (χ1n) is 5.83. The molecule has 8 heteroatoms. The molecule has 1 saturated heterocycles. The number of anilines is 2. The summed E-state index contributed by atoms with van der Waals surface area (Å²) in [5, 5.41) is 4.22. The summed E-state index contributed by atoms with van der Waals surface area (Å²) in [4.78, 5) is 2.01. The summed E-state index contributed by atoms with van der Waals surface area (Å²) in [5.74, 6) is 0.597. The summed E-state index contributed by atoms with van der Waals surface area (Å²) in [7, 11) is -1.76. The fraction of sp³-hybridized carbons (Fsp3) is 0.700. The third kappa shape index (κ3) is 2.30. The van der Waals surface area contributed by atoms with Gasteiger partial charge in [0, 0.05) is 32.4 Å². The molecule has 1 aliphatic heterocycles. The highest BCUT2D eigenvalue weighted by Crippen LogP contribution is 2.30. The van der Waals surface area contributed by atoms with Crippen LogP contribution in [0.4, 0.5) is 11.6 Å². The topological polar surface area (TPSA) is 107 Å². The second kappa shape index (κ2) is 4.43. The van der Waals surface area contributed by atoms with Crippen molar-refractivity contribution >= 4 is 21.5 Å². The van der Waals surface area contributed by atoms with E-state index in [9.17, 15) is 8.42 Å². The molecule has 1 unspecified atom stereocenters. The van der Waals surface area contributed by atoms with Crippen LogP contribution in [-0.4, -0.2) is 43.6 Å². The van der Waals surface area contributed by atoms with Gasteiger partial charge in [0.05, 0.1) is 0 Å². The van der Waals surface area contributed by atoms with Gasteiger partial charge < -0.3 is 16.4 Å². The van der Waals surface area contributed by atoms with Gasteiger partial charge in [0.2, 0.25) is 0 Å². The molecule has 0 saturated carbocycles. The van der Waals surface area contributed by atoms with Gasteiger partial charge in [-0.15, -0.1) is 0 Å². The number of nitrogen functional groups attached to an aromatic ring is 1. The second-order valence-electron chi connectivity index (χ2n) is 4.78. The molecule has 0 spiro atoms. The molecule has 18 heavy (non-hydrogen) atoms. The van der Waals surface area contributed by atoms with Crippen LogP contribution in [-0.2, 0) is 16.9 Å². The minimum atomic E-state index is -3.40. The number of sulfone groups is 1. The fourth-order valence-electron chi connectivity index (χ4n) is 2.27. The minimum absolute atomic E-state index is 0.0504. The predicted octanol–water partition coefficient (Wildman–Crippen LogP) is -0.667. The Bertz CT molecular complexity index is 551. The van der Waals surface area contributed by atoms with E-state index in [1.165, 1.54) is 4.68 Å². The van der Waals surface area contributed by atoms with E-state index in [1.807, 2.05) is 4.90 Å². The highest BCUT2D eigenvalue weighted by molar-refractivity contribution is 7.91. The zero-order chi connectivity index (χ0) is 13.5. The third-order valence-corrected chi connectivity index (χ3v) is 4.29. The number of aryl methyl sites for hydroxylation is 1. The lowest BCUT2D eigenvalue weighted by Gasteiger charge is -2.31. The zero-order valence-corrected chi connectivity index (χ0v) is 11.4. The first-order valence-corrected chi connectivity index (χ1v) is 7.73. The number of nitrogens with two attached hydrogens (primary N) is 2. The van der Waals surface area contributed by atoms with Crippen molar-refractivity contribution in [3.63, 3.8) is 0 Å². The molecular formula is C10H19N5O2S. The summed E-state index contributed by atoms with van der Waals surface area (Å²) in [6, 6.07) is 0.0504. The largest absolute Gasteiger partial charge is 0.383 e. The Labute approximate surface area is 107 Å². The van der Waals surface area contributed by atoms with Crippen LogP contribution in [0.2, 0.25) is 0 Å². The fourth-order valence-corrected chi connectivity index (χ4v) is 3.28. The van der Waals surface area contributed by atoms with E-state index >= 15 is 0 Å². The van der Waals surface area contributed by atoms with Gasteiger partial charge in [-0.05, 0) is 12.8 Å². The highest BCUT2D eigenvalue weighted by atomic mass is 32.2.